The average molecular weight is 360 g/mol. The highest BCUT2D eigenvalue weighted by Gasteiger charge is 2.22. The molecule has 1 heterocycles. The largest absolute Gasteiger partial charge is 0.370 e. The number of carbonyl (C=O) groups excluding carboxylic acids is 1. The van der Waals surface area contributed by atoms with Crippen LogP contribution in [0.4, 0.5) is 5.69 Å². The summed E-state index contributed by atoms with van der Waals surface area (Å²) in [4.78, 5) is 18.7. The Morgan fingerprint density at radius 3 is 2.42 bits per heavy atom. The fraction of sp³-hybridized carbons (Fsp3) is 0.600. The Hall–Kier alpha value is -2.08. The molecular weight excluding hydrogens is 326 g/mol. The molecule has 2 rings (SSSR count). The summed E-state index contributed by atoms with van der Waals surface area (Å²) >= 11 is 0. The number of benzene rings is 1. The van der Waals surface area contributed by atoms with E-state index in [1.54, 1.807) is 0 Å². The quantitative estimate of drug-likeness (QED) is 0.557. The third kappa shape index (κ3) is 7.44. The molecule has 1 fully saturated rings. The van der Waals surface area contributed by atoms with Crippen molar-refractivity contribution < 1.29 is 4.79 Å². The van der Waals surface area contributed by atoms with E-state index in [2.05, 4.69) is 27.4 Å². The van der Waals surface area contributed by atoms with E-state index in [1.807, 2.05) is 45.0 Å². The number of aryl methyl sites for hydroxylation is 1. The molecule has 0 atom stereocenters. The lowest BCUT2D eigenvalue weighted by atomic mass is 9.97. The van der Waals surface area contributed by atoms with Gasteiger partial charge in [0.05, 0.1) is 6.54 Å². The molecule has 1 amide bonds. The number of piperidine rings is 1. The molecule has 1 aliphatic heterocycles. The SMILES string of the molecule is Cc1ccc(NC(N)=NCC2CCN(CC(=O)NC(C)(C)C)CC2)cc1. The van der Waals surface area contributed by atoms with Gasteiger partial charge in [-0.2, -0.15) is 0 Å². The zero-order valence-corrected chi connectivity index (χ0v) is 16.5. The number of hydrogen-bond acceptors (Lipinski definition) is 3. The van der Waals surface area contributed by atoms with Gasteiger partial charge in [-0.05, 0) is 71.7 Å². The molecule has 1 aromatic carbocycles. The van der Waals surface area contributed by atoms with Gasteiger partial charge in [-0.1, -0.05) is 17.7 Å². The molecule has 0 saturated carbocycles. The lowest BCUT2D eigenvalue weighted by Crippen LogP contribution is -2.47. The first kappa shape index (κ1) is 20.2. The van der Waals surface area contributed by atoms with Crippen molar-refractivity contribution in [3.8, 4) is 0 Å². The molecule has 144 valence electrons. The third-order valence-electron chi connectivity index (χ3n) is 4.43. The number of carbonyl (C=O) groups is 1. The molecule has 6 heteroatoms. The number of anilines is 1. The van der Waals surface area contributed by atoms with E-state index in [-0.39, 0.29) is 11.4 Å². The lowest BCUT2D eigenvalue weighted by molar-refractivity contribution is -0.124. The molecule has 0 bridgehead atoms. The average Bonchev–Trinajstić information content (AvgIpc) is 2.54. The van der Waals surface area contributed by atoms with Crippen molar-refractivity contribution in [3.05, 3.63) is 29.8 Å². The maximum Gasteiger partial charge on any atom is 0.234 e. The standard InChI is InChI=1S/C20H33N5O/c1-15-5-7-17(8-6-15)23-19(21)22-13-16-9-11-25(12-10-16)14-18(26)24-20(2,3)4/h5-8,16H,9-14H2,1-4H3,(H,24,26)(H3,21,22,23). The minimum absolute atomic E-state index is 0.0977. The molecule has 6 nitrogen and oxygen atoms in total. The zero-order valence-electron chi connectivity index (χ0n) is 16.5. The van der Waals surface area contributed by atoms with Gasteiger partial charge in [0.25, 0.3) is 0 Å². The van der Waals surface area contributed by atoms with E-state index in [4.69, 9.17) is 5.73 Å². The van der Waals surface area contributed by atoms with E-state index in [0.29, 0.717) is 18.4 Å². The fourth-order valence-corrected chi connectivity index (χ4v) is 3.04. The predicted molar refractivity (Wildman–Crippen MR) is 108 cm³/mol. The van der Waals surface area contributed by atoms with Gasteiger partial charge in [0.1, 0.15) is 0 Å². The highest BCUT2D eigenvalue weighted by molar-refractivity contribution is 5.92. The van der Waals surface area contributed by atoms with Crippen LogP contribution in [0, 0.1) is 12.8 Å². The van der Waals surface area contributed by atoms with Crippen molar-refractivity contribution in [3.63, 3.8) is 0 Å². The minimum Gasteiger partial charge on any atom is -0.370 e. The van der Waals surface area contributed by atoms with Gasteiger partial charge >= 0.3 is 0 Å². The number of nitrogens with zero attached hydrogens (tertiary/aromatic N) is 2. The van der Waals surface area contributed by atoms with E-state index in [1.165, 1.54) is 5.56 Å². The topological polar surface area (TPSA) is 82.8 Å². The Balaban J connectivity index is 1.71. The fourth-order valence-electron chi connectivity index (χ4n) is 3.04. The molecule has 0 aliphatic carbocycles. The van der Waals surface area contributed by atoms with Crippen molar-refractivity contribution in [1.29, 1.82) is 0 Å². The normalized spacial score (nSPS) is 17.2. The molecule has 4 N–H and O–H groups in total. The Morgan fingerprint density at radius 1 is 1.23 bits per heavy atom. The molecule has 1 aromatic rings. The number of nitrogens with one attached hydrogen (secondary N) is 2. The van der Waals surface area contributed by atoms with Gasteiger partial charge in [-0.25, -0.2) is 0 Å². The molecule has 0 unspecified atom stereocenters. The number of guanidine groups is 1. The number of amides is 1. The predicted octanol–water partition coefficient (Wildman–Crippen LogP) is 2.35. The first-order valence-electron chi connectivity index (χ1n) is 9.38. The van der Waals surface area contributed by atoms with Crippen molar-refractivity contribution in [2.24, 2.45) is 16.6 Å². The molecule has 0 spiro atoms. The molecule has 26 heavy (non-hydrogen) atoms. The maximum atomic E-state index is 12.0. The smallest absolute Gasteiger partial charge is 0.234 e. The minimum atomic E-state index is -0.175. The second-order valence-electron chi connectivity index (χ2n) is 8.23. The van der Waals surface area contributed by atoms with Crippen molar-refractivity contribution >= 4 is 17.6 Å². The highest BCUT2D eigenvalue weighted by Crippen LogP contribution is 2.17. The number of hydrogen-bond donors (Lipinski definition) is 3. The number of aliphatic imine (C=N–C) groups is 1. The zero-order chi connectivity index (χ0) is 19.2. The van der Waals surface area contributed by atoms with Gasteiger partial charge in [0, 0.05) is 17.8 Å². The monoisotopic (exact) mass is 359 g/mol. The Labute approximate surface area is 157 Å². The van der Waals surface area contributed by atoms with Crippen LogP contribution in [0.5, 0.6) is 0 Å². The van der Waals surface area contributed by atoms with Gasteiger partial charge < -0.3 is 16.4 Å². The van der Waals surface area contributed by atoms with Crippen molar-refractivity contribution in [2.45, 2.75) is 46.1 Å². The van der Waals surface area contributed by atoms with Crippen LogP contribution in [-0.2, 0) is 4.79 Å². The summed E-state index contributed by atoms with van der Waals surface area (Å²) in [5.41, 5.74) is 7.99. The second kappa shape index (κ2) is 9.03. The van der Waals surface area contributed by atoms with Crippen LogP contribution >= 0.6 is 0 Å². The molecule has 1 aliphatic rings. The number of rotatable bonds is 5. The van der Waals surface area contributed by atoms with Gasteiger partial charge in [0.2, 0.25) is 5.91 Å². The molecule has 0 radical (unpaired) electrons. The first-order chi connectivity index (χ1) is 12.2. The van der Waals surface area contributed by atoms with Crippen LogP contribution in [0.25, 0.3) is 0 Å². The van der Waals surface area contributed by atoms with E-state index >= 15 is 0 Å². The van der Waals surface area contributed by atoms with Crippen molar-refractivity contribution in [2.75, 3.05) is 31.5 Å². The Bertz CT molecular complexity index is 610. The van der Waals surface area contributed by atoms with Gasteiger partial charge in [0.15, 0.2) is 5.96 Å². The third-order valence-corrected chi connectivity index (χ3v) is 4.43. The van der Waals surface area contributed by atoms with Gasteiger partial charge in [-0.3, -0.25) is 14.7 Å². The molecular formula is C20H33N5O. The summed E-state index contributed by atoms with van der Waals surface area (Å²) < 4.78 is 0. The molecule has 0 aromatic heterocycles. The maximum absolute atomic E-state index is 12.0. The van der Waals surface area contributed by atoms with E-state index in [9.17, 15) is 4.79 Å². The molecule has 1 saturated heterocycles. The van der Waals surface area contributed by atoms with Crippen LogP contribution in [0.2, 0.25) is 0 Å². The van der Waals surface area contributed by atoms with E-state index in [0.717, 1.165) is 38.2 Å². The van der Waals surface area contributed by atoms with Gasteiger partial charge in [-0.15, -0.1) is 0 Å². The van der Waals surface area contributed by atoms with Crippen molar-refractivity contribution in [1.82, 2.24) is 10.2 Å². The lowest BCUT2D eigenvalue weighted by Gasteiger charge is -2.31. The summed E-state index contributed by atoms with van der Waals surface area (Å²) in [6, 6.07) is 8.08. The number of likely N-dealkylation sites (tertiary alicyclic amines) is 1. The summed E-state index contributed by atoms with van der Waals surface area (Å²) in [5, 5.41) is 6.15. The van der Waals surface area contributed by atoms with Crippen LogP contribution < -0.4 is 16.4 Å². The Morgan fingerprint density at radius 2 is 1.85 bits per heavy atom. The summed E-state index contributed by atoms with van der Waals surface area (Å²) in [5.74, 6) is 1.08. The van der Waals surface area contributed by atoms with Crippen LogP contribution in [0.3, 0.4) is 0 Å². The Kier molecular flexibility index (Phi) is 7.03. The number of nitrogens with two attached hydrogens (primary N) is 1. The van der Waals surface area contributed by atoms with Crippen LogP contribution in [0.15, 0.2) is 29.3 Å². The summed E-state index contributed by atoms with van der Waals surface area (Å²) in [7, 11) is 0. The summed E-state index contributed by atoms with van der Waals surface area (Å²) in [6.07, 6.45) is 2.09. The van der Waals surface area contributed by atoms with Crippen LogP contribution in [-0.4, -0.2) is 48.5 Å². The summed E-state index contributed by atoms with van der Waals surface area (Å²) in [6.45, 7) is 11.1. The second-order valence-corrected chi connectivity index (χ2v) is 8.23. The first-order valence-corrected chi connectivity index (χ1v) is 9.38. The van der Waals surface area contributed by atoms with Crippen LogP contribution in [0.1, 0.15) is 39.2 Å². The van der Waals surface area contributed by atoms with E-state index < -0.39 is 0 Å². The highest BCUT2D eigenvalue weighted by atomic mass is 16.2.